The maximum Gasteiger partial charge on any atom is 0.326 e. The van der Waals surface area contributed by atoms with Gasteiger partial charge in [-0.1, -0.05) is 0 Å². The molecule has 16 nitrogen and oxygen atoms in total. The number of nitrogens with one attached hydrogen (secondary N) is 1. The summed E-state index contributed by atoms with van der Waals surface area (Å²) in [6.45, 7) is 0.0918. The summed E-state index contributed by atoms with van der Waals surface area (Å²) < 4.78 is 0. The Morgan fingerprint density at radius 1 is 1.00 bits per heavy atom. The lowest BCUT2D eigenvalue weighted by atomic mass is 10.1. The molecular formula is C22H27N9O7. The number of amides is 1. The van der Waals surface area contributed by atoms with Crippen molar-refractivity contribution in [2.45, 2.75) is 25.4 Å². The van der Waals surface area contributed by atoms with Crippen molar-refractivity contribution in [2.75, 3.05) is 30.0 Å². The van der Waals surface area contributed by atoms with Gasteiger partial charge in [0.2, 0.25) is 5.95 Å². The highest BCUT2D eigenvalue weighted by atomic mass is 16.4. The molecule has 16 heteroatoms. The summed E-state index contributed by atoms with van der Waals surface area (Å²) in [6, 6.07) is 5.16. The summed E-state index contributed by atoms with van der Waals surface area (Å²) in [5.41, 5.74) is 18.2. The maximum atomic E-state index is 12.4. The van der Waals surface area contributed by atoms with Gasteiger partial charge in [-0.3, -0.25) is 14.4 Å². The zero-order valence-corrected chi connectivity index (χ0v) is 20.2. The minimum absolute atomic E-state index is 0.0138. The fraction of sp³-hybridized carbons (Fsp3) is 0.273. The standard InChI is InChI=1S/C20H22N8O5.C2H5NO2/c1-28(9-11-8-23-17-15(24-11)16(21)26-20(22)27-17)12-4-2-10(3-5-12)18(31)25-13(19(32)33)6-7-14(29)30;3-1-2(4)5/h2-5,8,13H,6-7,9H2,1H3,(H,25,31)(H,29,30)(H,32,33)(H4,21,22,23,26,27);1,3H2,(H,4,5)/t13-;/m0./s1. The molecule has 0 aliphatic heterocycles. The predicted octanol–water partition coefficient (Wildman–Crippen LogP) is -0.702. The molecule has 1 atom stereocenters. The Labute approximate surface area is 215 Å². The number of benzene rings is 1. The molecule has 0 spiro atoms. The summed E-state index contributed by atoms with van der Waals surface area (Å²) in [4.78, 5) is 61.9. The van der Waals surface area contributed by atoms with Crippen LogP contribution >= 0.6 is 0 Å². The van der Waals surface area contributed by atoms with Gasteiger partial charge in [-0.25, -0.2) is 14.8 Å². The van der Waals surface area contributed by atoms with Crippen molar-refractivity contribution in [1.82, 2.24) is 25.3 Å². The van der Waals surface area contributed by atoms with E-state index in [1.54, 1.807) is 18.3 Å². The van der Waals surface area contributed by atoms with Crippen molar-refractivity contribution in [2.24, 2.45) is 5.73 Å². The molecule has 3 rings (SSSR count). The van der Waals surface area contributed by atoms with Gasteiger partial charge in [0.15, 0.2) is 17.0 Å². The fourth-order valence-corrected chi connectivity index (χ4v) is 3.03. The second-order valence-corrected chi connectivity index (χ2v) is 7.80. The number of carbonyl (C=O) groups excluding carboxylic acids is 1. The van der Waals surface area contributed by atoms with Crippen LogP contribution in [0.25, 0.3) is 11.2 Å². The van der Waals surface area contributed by atoms with Crippen molar-refractivity contribution in [3.05, 3.63) is 41.7 Å². The minimum Gasteiger partial charge on any atom is -0.481 e. The monoisotopic (exact) mass is 529 g/mol. The molecule has 0 unspecified atom stereocenters. The summed E-state index contributed by atoms with van der Waals surface area (Å²) in [6.07, 6.45) is 0.964. The van der Waals surface area contributed by atoms with Crippen LogP contribution in [0.2, 0.25) is 0 Å². The molecule has 0 radical (unpaired) electrons. The van der Waals surface area contributed by atoms with Crippen LogP contribution in [0.3, 0.4) is 0 Å². The molecule has 0 fully saturated rings. The molecule has 0 saturated carbocycles. The van der Waals surface area contributed by atoms with Crippen molar-refractivity contribution < 1.29 is 34.5 Å². The smallest absolute Gasteiger partial charge is 0.326 e. The van der Waals surface area contributed by atoms with Crippen LogP contribution in [0.1, 0.15) is 28.9 Å². The third-order valence-electron chi connectivity index (χ3n) is 4.90. The molecule has 0 aliphatic rings. The number of hydrogen-bond acceptors (Lipinski definition) is 12. The van der Waals surface area contributed by atoms with Crippen molar-refractivity contribution in [1.29, 1.82) is 0 Å². The number of anilines is 3. The first-order valence-electron chi connectivity index (χ1n) is 10.9. The van der Waals surface area contributed by atoms with E-state index in [-0.39, 0.29) is 36.7 Å². The van der Waals surface area contributed by atoms with Gasteiger partial charge >= 0.3 is 17.9 Å². The Bertz CT molecular complexity index is 1320. The van der Waals surface area contributed by atoms with E-state index in [1.807, 2.05) is 11.9 Å². The van der Waals surface area contributed by atoms with Gasteiger partial charge in [0.25, 0.3) is 5.91 Å². The quantitative estimate of drug-likeness (QED) is 0.171. The van der Waals surface area contributed by atoms with Crippen LogP contribution in [0.15, 0.2) is 30.5 Å². The molecule has 38 heavy (non-hydrogen) atoms. The molecule has 10 N–H and O–H groups in total. The van der Waals surface area contributed by atoms with E-state index in [0.717, 1.165) is 5.69 Å². The lowest BCUT2D eigenvalue weighted by Crippen LogP contribution is -2.41. The van der Waals surface area contributed by atoms with E-state index in [9.17, 15) is 24.3 Å². The van der Waals surface area contributed by atoms with E-state index in [2.05, 4.69) is 31.0 Å². The minimum atomic E-state index is -1.30. The number of carbonyl (C=O) groups is 4. The number of rotatable bonds is 10. The Kier molecular flexibility index (Phi) is 10.2. The normalized spacial score (nSPS) is 11.1. The second-order valence-electron chi connectivity index (χ2n) is 7.80. The lowest BCUT2D eigenvalue weighted by molar-refractivity contribution is -0.140. The molecule has 0 aliphatic carbocycles. The summed E-state index contributed by atoms with van der Waals surface area (Å²) in [7, 11) is 1.82. The van der Waals surface area contributed by atoms with Crippen LogP contribution in [0, 0.1) is 0 Å². The van der Waals surface area contributed by atoms with E-state index in [4.69, 9.17) is 21.7 Å². The SMILES string of the molecule is CN(Cc1cnc2nc(N)nc(N)c2n1)c1ccc(C(=O)N[C@@H](CCC(=O)O)C(=O)O)cc1.NCC(=O)O. The van der Waals surface area contributed by atoms with Crippen molar-refractivity contribution in [3.63, 3.8) is 0 Å². The molecule has 202 valence electrons. The Morgan fingerprint density at radius 2 is 1.63 bits per heavy atom. The third kappa shape index (κ3) is 8.52. The first-order valence-corrected chi connectivity index (χ1v) is 10.9. The molecule has 2 aromatic heterocycles. The van der Waals surface area contributed by atoms with Crippen LogP contribution in [0.5, 0.6) is 0 Å². The van der Waals surface area contributed by atoms with Crippen molar-refractivity contribution in [3.8, 4) is 0 Å². The van der Waals surface area contributed by atoms with E-state index < -0.39 is 29.9 Å². The number of carboxylic acid groups (broad SMARTS) is 3. The fourth-order valence-electron chi connectivity index (χ4n) is 3.03. The maximum absolute atomic E-state index is 12.4. The molecule has 1 amide bonds. The third-order valence-corrected chi connectivity index (χ3v) is 4.90. The van der Waals surface area contributed by atoms with Gasteiger partial charge in [0, 0.05) is 24.7 Å². The van der Waals surface area contributed by atoms with E-state index in [0.29, 0.717) is 23.4 Å². The van der Waals surface area contributed by atoms with Gasteiger partial charge < -0.3 is 42.7 Å². The summed E-state index contributed by atoms with van der Waals surface area (Å²) in [5, 5.41) is 27.8. The average Bonchev–Trinajstić information content (AvgIpc) is 2.86. The molecule has 3 aromatic rings. The molecular weight excluding hydrogens is 502 g/mol. The topological polar surface area (TPSA) is 274 Å². The first kappa shape index (κ1) is 29.1. The van der Waals surface area contributed by atoms with Gasteiger partial charge in [-0.2, -0.15) is 9.97 Å². The number of nitrogen functional groups attached to an aromatic ring is 2. The molecule has 1 aromatic carbocycles. The van der Waals surface area contributed by atoms with Gasteiger partial charge in [0.1, 0.15) is 6.04 Å². The number of nitrogens with zero attached hydrogens (tertiary/aromatic N) is 5. The lowest BCUT2D eigenvalue weighted by Gasteiger charge is -2.19. The highest BCUT2D eigenvalue weighted by Gasteiger charge is 2.21. The van der Waals surface area contributed by atoms with Crippen molar-refractivity contribution >= 4 is 52.4 Å². The van der Waals surface area contributed by atoms with Gasteiger partial charge in [-0.15, -0.1) is 0 Å². The Hall–Kier alpha value is -5.12. The van der Waals surface area contributed by atoms with Gasteiger partial charge in [-0.05, 0) is 30.7 Å². The van der Waals surface area contributed by atoms with E-state index in [1.165, 1.54) is 12.1 Å². The number of hydrogen-bond donors (Lipinski definition) is 7. The highest BCUT2D eigenvalue weighted by Crippen LogP contribution is 2.19. The van der Waals surface area contributed by atoms with E-state index >= 15 is 0 Å². The number of nitrogens with two attached hydrogens (primary N) is 3. The van der Waals surface area contributed by atoms with Crippen LogP contribution < -0.4 is 27.4 Å². The Balaban J connectivity index is 0.000000926. The molecule has 0 bridgehead atoms. The molecule has 2 heterocycles. The predicted molar refractivity (Wildman–Crippen MR) is 135 cm³/mol. The first-order chi connectivity index (χ1) is 17.9. The number of aromatic nitrogens is 4. The van der Waals surface area contributed by atoms with Crippen LogP contribution in [-0.4, -0.2) is 78.7 Å². The Morgan fingerprint density at radius 3 is 2.18 bits per heavy atom. The number of carboxylic acids is 3. The largest absolute Gasteiger partial charge is 0.481 e. The zero-order valence-electron chi connectivity index (χ0n) is 20.2. The number of aliphatic carboxylic acids is 3. The van der Waals surface area contributed by atoms with Crippen LogP contribution in [0.4, 0.5) is 17.5 Å². The van der Waals surface area contributed by atoms with Crippen LogP contribution in [-0.2, 0) is 20.9 Å². The molecule has 0 saturated heterocycles. The second kappa shape index (κ2) is 13.3. The highest BCUT2D eigenvalue weighted by molar-refractivity contribution is 5.97. The number of fused-ring (bicyclic) bond motifs is 1. The summed E-state index contributed by atoms with van der Waals surface area (Å²) in [5.74, 6) is -3.88. The van der Waals surface area contributed by atoms with Gasteiger partial charge in [0.05, 0.1) is 25.0 Å². The average molecular weight is 530 g/mol. The summed E-state index contributed by atoms with van der Waals surface area (Å²) >= 11 is 0. The zero-order chi connectivity index (χ0) is 28.4.